The molecule has 104 valence electrons. The second-order valence-electron chi connectivity index (χ2n) is 5.36. The average molecular weight is 264 g/mol. The molecule has 4 nitrogen and oxygen atoms in total. The molecule has 0 aliphatic heterocycles. The maximum atomic E-state index is 11.6. The number of aliphatic hydroxyl groups excluding tert-OH is 1. The van der Waals surface area contributed by atoms with Gasteiger partial charge in [-0.15, -0.1) is 0 Å². The lowest BCUT2D eigenvalue weighted by Gasteiger charge is -2.29. The van der Waals surface area contributed by atoms with Crippen LogP contribution in [0.25, 0.3) is 0 Å². The average Bonchev–Trinajstić information content (AvgIpc) is 2.31. The monoisotopic (exact) mass is 264 g/mol. The van der Waals surface area contributed by atoms with Gasteiger partial charge in [0.1, 0.15) is 12.4 Å². The fourth-order valence-corrected chi connectivity index (χ4v) is 1.97. The van der Waals surface area contributed by atoms with E-state index >= 15 is 0 Å². The molecule has 1 rings (SSSR count). The molecule has 0 heterocycles. The molecule has 1 atom stereocenters. The molecule has 0 amide bonds. The van der Waals surface area contributed by atoms with Crippen LogP contribution in [0.4, 0.5) is 0 Å². The molecule has 0 radical (unpaired) electrons. The lowest BCUT2D eigenvalue weighted by molar-refractivity contribution is -0.139. The van der Waals surface area contributed by atoms with Gasteiger partial charge in [0, 0.05) is 17.1 Å². The van der Waals surface area contributed by atoms with Crippen LogP contribution in [-0.2, 0) is 14.3 Å². The van der Waals surface area contributed by atoms with Crippen LogP contribution in [0.2, 0.25) is 0 Å². The van der Waals surface area contributed by atoms with Gasteiger partial charge in [0.2, 0.25) is 0 Å². The lowest BCUT2D eigenvalue weighted by Crippen LogP contribution is -2.26. The van der Waals surface area contributed by atoms with Crippen LogP contribution in [0, 0.1) is 5.41 Å². The van der Waals surface area contributed by atoms with Crippen LogP contribution in [0.5, 0.6) is 0 Å². The van der Waals surface area contributed by atoms with Gasteiger partial charge < -0.3 is 9.84 Å². The summed E-state index contributed by atoms with van der Waals surface area (Å²) in [6.07, 6.45) is 5.11. The molecule has 0 saturated carbocycles. The fourth-order valence-electron chi connectivity index (χ4n) is 1.97. The molecular formula is C15H20O4. The van der Waals surface area contributed by atoms with Crippen LogP contribution >= 0.6 is 0 Å². The van der Waals surface area contributed by atoms with Gasteiger partial charge in [-0.2, -0.15) is 0 Å². The van der Waals surface area contributed by atoms with Gasteiger partial charge in [-0.25, -0.2) is 4.79 Å². The third-order valence-corrected chi connectivity index (χ3v) is 3.10. The summed E-state index contributed by atoms with van der Waals surface area (Å²) in [6.45, 7) is 7.19. The maximum absolute atomic E-state index is 11.6. The number of carbonyl (C=O) groups is 2. The molecule has 19 heavy (non-hydrogen) atoms. The summed E-state index contributed by atoms with van der Waals surface area (Å²) in [4.78, 5) is 22.7. The zero-order valence-electron chi connectivity index (χ0n) is 11.8. The van der Waals surface area contributed by atoms with Crippen molar-refractivity contribution >= 4 is 12.3 Å². The molecule has 0 aromatic heterocycles. The van der Waals surface area contributed by atoms with E-state index in [0.29, 0.717) is 11.1 Å². The Morgan fingerprint density at radius 3 is 2.68 bits per heavy atom. The van der Waals surface area contributed by atoms with E-state index in [1.807, 2.05) is 26.8 Å². The topological polar surface area (TPSA) is 63.6 Å². The first-order valence-corrected chi connectivity index (χ1v) is 6.15. The van der Waals surface area contributed by atoms with E-state index < -0.39 is 12.1 Å². The van der Waals surface area contributed by atoms with Crippen molar-refractivity contribution in [3.8, 4) is 0 Å². The minimum Gasteiger partial charge on any atom is -0.450 e. The highest BCUT2D eigenvalue weighted by Gasteiger charge is 2.29. The Bertz CT molecular complexity index is 467. The Kier molecular flexibility index (Phi) is 4.84. The Hall–Kier alpha value is -1.68. The molecule has 0 fully saturated rings. The number of hydrogen-bond acceptors (Lipinski definition) is 4. The van der Waals surface area contributed by atoms with Crippen LogP contribution in [0.15, 0.2) is 34.9 Å². The highest BCUT2D eigenvalue weighted by atomic mass is 16.5. The smallest absolute Gasteiger partial charge is 0.331 e. The number of allylic oxidation sites excluding steroid dienone is 2. The summed E-state index contributed by atoms with van der Waals surface area (Å²) in [5.74, 6) is -0.523. The third kappa shape index (κ3) is 3.89. The quantitative estimate of drug-likeness (QED) is 0.365. The summed E-state index contributed by atoms with van der Waals surface area (Å²) in [5.41, 5.74) is 1.67. The highest BCUT2D eigenvalue weighted by Crippen LogP contribution is 2.34. The molecule has 0 spiro atoms. The van der Waals surface area contributed by atoms with E-state index in [4.69, 9.17) is 9.84 Å². The molecule has 0 saturated heterocycles. The Morgan fingerprint density at radius 1 is 1.53 bits per heavy atom. The van der Waals surface area contributed by atoms with Crippen molar-refractivity contribution in [2.24, 2.45) is 5.41 Å². The second-order valence-corrected chi connectivity index (χ2v) is 5.36. The predicted molar refractivity (Wildman–Crippen MR) is 72.4 cm³/mol. The molecule has 1 aliphatic carbocycles. The van der Waals surface area contributed by atoms with Gasteiger partial charge in [-0.3, -0.25) is 4.79 Å². The lowest BCUT2D eigenvalue weighted by atomic mass is 9.78. The van der Waals surface area contributed by atoms with E-state index in [1.165, 1.54) is 6.08 Å². The van der Waals surface area contributed by atoms with Crippen molar-refractivity contribution in [2.45, 2.75) is 33.8 Å². The molecule has 1 N–H and O–H groups in total. The van der Waals surface area contributed by atoms with Gasteiger partial charge in [0.05, 0.1) is 6.61 Å². The van der Waals surface area contributed by atoms with Crippen molar-refractivity contribution in [3.63, 3.8) is 0 Å². The molecule has 1 aliphatic rings. The van der Waals surface area contributed by atoms with Gasteiger partial charge in [0.25, 0.3) is 0 Å². The van der Waals surface area contributed by atoms with Crippen LogP contribution in [-0.4, -0.2) is 30.1 Å². The zero-order chi connectivity index (χ0) is 14.6. The van der Waals surface area contributed by atoms with E-state index in [1.54, 1.807) is 13.0 Å². The Morgan fingerprint density at radius 2 is 2.16 bits per heavy atom. The summed E-state index contributed by atoms with van der Waals surface area (Å²) < 4.78 is 5.27. The number of aliphatic hydroxyl groups is 1. The van der Waals surface area contributed by atoms with Crippen LogP contribution < -0.4 is 0 Å². The minimum atomic E-state index is -0.525. The molecule has 0 aromatic carbocycles. The van der Waals surface area contributed by atoms with Gasteiger partial charge in [-0.1, -0.05) is 19.9 Å². The van der Waals surface area contributed by atoms with E-state index in [2.05, 4.69) is 0 Å². The Balaban J connectivity index is 2.88. The second kappa shape index (κ2) is 5.97. The summed E-state index contributed by atoms with van der Waals surface area (Å²) >= 11 is 0. The van der Waals surface area contributed by atoms with E-state index in [9.17, 15) is 9.59 Å². The minimum absolute atomic E-state index is 0.183. The first-order chi connectivity index (χ1) is 8.80. The van der Waals surface area contributed by atoms with E-state index in [-0.39, 0.29) is 12.0 Å². The molecule has 0 bridgehead atoms. The van der Waals surface area contributed by atoms with Crippen molar-refractivity contribution in [3.05, 3.63) is 34.9 Å². The van der Waals surface area contributed by atoms with Crippen molar-refractivity contribution in [1.82, 2.24) is 0 Å². The number of esters is 1. The largest absolute Gasteiger partial charge is 0.450 e. The molecule has 4 heteroatoms. The number of rotatable bonds is 4. The fraction of sp³-hybridized carbons (Fsp3) is 0.467. The SMILES string of the molecule is CC1=CC(C)(C)C(C=O)=C[C@H]1OC(=O)/C=C(\C)CO. The number of hydrogen-bond donors (Lipinski definition) is 1. The van der Waals surface area contributed by atoms with Crippen molar-refractivity contribution in [1.29, 1.82) is 0 Å². The normalized spacial score (nSPS) is 22.4. The molecular weight excluding hydrogens is 244 g/mol. The third-order valence-electron chi connectivity index (χ3n) is 3.10. The maximum Gasteiger partial charge on any atom is 0.331 e. The van der Waals surface area contributed by atoms with E-state index in [0.717, 1.165) is 11.9 Å². The first-order valence-electron chi connectivity index (χ1n) is 6.15. The molecule has 0 unspecified atom stereocenters. The van der Waals surface area contributed by atoms with Crippen molar-refractivity contribution < 1.29 is 19.4 Å². The molecule has 0 aromatic rings. The summed E-state index contributed by atoms with van der Waals surface area (Å²) in [6, 6.07) is 0. The van der Waals surface area contributed by atoms with Crippen LogP contribution in [0.1, 0.15) is 27.7 Å². The first kappa shape index (κ1) is 15.4. The summed E-state index contributed by atoms with van der Waals surface area (Å²) in [5, 5.41) is 8.84. The van der Waals surface area contributed by atoms with Gasteiger partial charge in [-0.05, 0) is 31.1 Å². The van der Waals surface area contributed by atoms with Gasteiger partial charge in [0.15, 0.2) is 0 Å². The standard InChI is InChI=1S/C15H20O4/c1-10(8-16)5-14(18)19-13-6-12(9-17)15(3,4)7-11(13)2/h5-7,9,13,16H,8H2,1-4H3/b10-5+/t13-/m1/s1. The number of ether oxygens (including phenoxy) is 1. The zero-order valence-corrected chi connectivity index (χ0v) is 11.8. The Labute approximate surface area is 113 Å². The summed E-state index contributed by atoms with van der Waals surface area (Å²) in [7, 11) is 0. The van der Waals surface area contributed by atoms with Crippen molar-refractivity contribution in [2.75, 3.05) is 6.61 Å². The predicted octanol–water partition coefficient (Wildman–Crippen LogP) is 1.95. The number of carbonyl (C=O) groups excluding carboxylic acids is 2. The van der Waals surface area contributed by atoms with Crippen LogP contribution in [0.3, 0.4) is 0 Å². The highest BCUT2D eigenvalue weighted by molar-refractivity contribution is 5.83. The van der Waals surface area contributed by atoms with Gasteiger partial charge >= 0.3 is 5.97 Å². The number of aldehydes is 1.